The van der Waals surface area contributed by atoms with E-state index in [0.29, 0.717) is 5.69 Å². The Kier molecular flexibility index (Phi) is 4.54. The van der Waals surface area contributed by atoms with Crippen molar-refractivity contribution in [3.05, 3.63) is 59.7 Å². The van der Waals surface area contributed by atoms with Gasteiger partial charge in [-0.1, -0.05) is 18.2 Å². The summed E-state index contributed by atoms with van der Waals surface area (Å²) in [7, 11) is 0. The van der Waals surface area contributed by atoms with Crippen LogP contribution in [-0.2, 0) is 6.18 Å². The first-order chi connectivity index (χ1) is 10.8. The molecule has 2 aromatic carbocycles. The molecule has 1 amide bonds. The number of hydrogen-bond acceptors (Lipinski definition) is 2. The van der Waals surface area contributed by atoms with Crippen LogP contribution in [0.5, 0.6) is 0 Å². The lowest BCUT2D eigenvalue weighted by molar-refractivity contribution is -0.137. The Bertz CT molecular complexity index is 743. The maximum absolute atomic E-state index is 12.9. The second kappa shape index (κ2) is 6.39. The fourth-order valence-electron chi connectivity index (χ4n) is 1.86. The van der Waals surface area contributed by atoms with Gasteiger partial charge in [0.2, 0.25) is 0 Å². The number of carbonyl (C=O) groups is 1. The zero-order chi connectivity index (χ0) is 17.0. The molecule has 5 N–H and O–H groups in total. The van der Waals surface area contributed by atoms with E-state index in [-0.39, 0.29) is 17.2 Å². The maximum Gasteiger partial charge on any atom is 0.419 e. The molecule has 0 aliphatic rings. The van der Waals surface area contributed by atoms with Gasteiger partial charge in [0, 0.05) is 11.3 Å². The lowest BCUT2D eigenvalue weighted by Crippen LogP contribution is -2.21. The predicted molar refractivity (Wildman–Crippen MR) is 80.2 cm³/mol. The highest BCUT2D eigenvalue weighted by Gasteiger charge is 2.33. The lowest BCUT2D eigenvalue weighted by Gasteiger charge is -2.13. The molecule has 0 heterocycles. The Morgan fingerprint density at radius 1 is 1.17 bits per heavy atom. The molecule has 119 valence electrons. The zero-order valence-corrected chi connectivity index (χ0v) is 11.7. The fourth-order valence-corrected chi connectivity index (χ4v) is 1.86. The Morgan fingerprint density at radius 3 is 2.57 bits per heavy atom. The second-order valence-corrected chi connectivity index (χ2v) is 4.53. The first-order valence-electron chi connectivity index (χ1n) is 6.38. The summed E-state index contributed by atoms with van der Waals surface area (Å²) in [6.45, 7) is 0. The van der Waals surface area contributed by atoms with E-state index in [1.807, 2.05) is 0 Å². The fraction of sp³-hybridized carbons (Fsp3) is 0.0667. The van der Waals surface area contributed by atoms with Crippen molar-refractivity contribution in [3.63, 3.8) is 0 Å². The predicted octanol–water partition coefficient (Wildman–Crippen LogP) is 3.06. The van der Waals surface area contributed by atoms with E-state index >= 15 is 0 Å². The van der Waals surface area contributed by atoms with Crippen LogP contribution < -0.4 is 16.4 Å². The summed E-state index contributed by atoms with van der Waals surface area (Å²) < 4.78 is 38.6. The zero-order valence-electron chi connectivity index (χ0n) is 11.7. The number of alkyl halides is 3. The average molecular weight is 321 g/mol. The Morgan fingerprint density at radius 2 is 1.91 bits per heavy atom. The molecule has 0 atom stereocenters. The summed E-state index contributed by atoms with van der Waals surface area (Å²) in [6.07, 6.45) is -4.62. The highest BCUT2D eigenvalue weighted by Crippen LogP contribution is 2.34. The van der Waals surface area contributed by atoms with Crippen LogP contribution in [0.2, 0.25) is 0 Å². The van der Waals surface area contributed by atoms with Crippen molar-refractivity contribution in [3.8, 4) is 0 Å². The van der Waals surface area contributed by atoms with Crippen LogP contribution in [0.4, 0.5) is 24.5 Å². The number of nitrogens with one attached hydrogen (secondary N) is 3. The molecule has 0 spiro atoms. The molecule has 0 aromatic heterocycles. The molecule has 23 heavy (non-hydrogen) atoms. The van der Waals surface area contributed by atoms with E-state index in [1.165, 1.54) is 24.3 Å². The van der Waals surface area contributed by atoms with E-state index in [2.05, 4.69) is 16.7 Å². The van der Waals surface area contributed by atoms with Crippen molar-refractivity contribution < 1.29 is 18.0 Å². The maximum atomic E-state index is 12.9. The summed E-state index contributed by atoms with van der Waals surface area (Å²) in [5, 5.41) is 11.8. The van der Waals surface area contributed by atoms with Crippen molar-refractivity contribution in [2.24, 2.45) is 5.73 Å². The summed E-state index contributed by atoms with van der Waals surface area (Å²) >= 11 is 0. The Hall–Kier alpha value is -3.03. The molecule has 0 fully saturated rings. The number of carbonyl (C=O) groups excluding carboxylic acids is 1. The summed E-state index contributed by atoms with van der Waals surface area (Å²) in [5.74, 6) is -1.04. The highest BCUT2D eigenvalue weighted by atomic mass is 19.4. The van der Waals surface area contributed by atoms with Crippen LogP contribution in [0.1, 0.15) is 15.9 Å². The minimum absolute atomic E-state index is 0.119. The molecule has 0 aliphatic carbocycles. The lowest BCUT2D eigenvalue weighted by atomic mass is 10.1. The standard InChI is InChI=1S/C15H12F3N4O/c16-15(17,18)11-6-1-2-7-12(11)22-13(23)9-4-3-5-10(8-9)21-14(19)20/h1-5,7-8H,(H,22,23)(H4,19,20,21). The third-order valence-corrected chi connectivity index (χ3v) is 2.79. The Balaban J connectivity index is 2.25. The van der Waals surface area contributed by atoms with Gasteiger partial charge < -0.3 is 16.4 Å². The van der Waals surface area contributed by atoms with Gasteiger partial charge in [-0.15, -0.1) is 0 Å². The van der Waals surface area contributed by atoms with Crippen LogP contribution in [0, 0.1) is 11.5 Å². The quantitative estimate of drug-likeness (QED) is 0.517. The number of halogens is 3. The molecule has 0 unspecified atom stereocenters. The van der Waals surface area contributed by atoms with E-state index < -0.39 is 17.6 Å². The minimum atomic E-state index is -4.62. The SMILES string of the molecule is N=C(N)Nc1cccc(C(=O)Nc2ccc[c]c2C(F)(F)F)c1. The molecule has 1 radical (unpaired) electrons. The van der Waals surface area contributed by atoms with Gasteiger partial charge in [0.1, 0.15) is 0 Å². The van der Waals surface area contributed by atoms with Crippen LogP contribution in [0.3, 0.4) is 0 Å². The number of nitrogens with two attached hydrogens (primary N) is 1. The van der Waals surface area contributed by atoms with Gasteiger partial charge in [-0.2, -0.15) is 13.2 Å². The van der Waals surface area contributed by atoms with E-state index in [0.717, 1.165) is 12.1 Å². The number of rotatable bonds is 3. The Labute approximate surface area is 129 Å². The number of hydrogen-bond donors (Lipinski definition) is 4. The number of guanidine groups is 1. The summed E-state index contributed by atoms with van der Waals surface area (Å²) in [6, 6.07) is 11.6. The number of amides is 1. The molecule has 8 heteroatoms. The molecule has 0 saturated carbocycles. The highest BCUT2D eigenvalue weighted by molar-refractivity contribution is 6.05. The van der Waals surface area contributed by atoms with Gasteiger partial charge in [0.25, 0.3) is 5.91 Å². The molecule has 0 saturated heterocycles. The van der Waals surface area contributed by atoms with Crippen molar-refractivity contribution in [2.45, 2.75) is 6.18 Å². The van der Waals surface area contributed by atoms with E-state index in [1.54, 1.807) is 6.07 Å². The van der Waals surface area contributed by atoms with Gasteiger partial charge in [0.15, 0.2) is 5.96 Å². The normalized spacial score (nSPS) is 10.9. The summed E-state index contributed by atoms with van der Waals surface area (Å²) in [4.78, 5) is 12.1. The average Bonchev–Trinajstić information content (AvgIpc) is 2.46. The van der Waals surface area contributed by atoms with Crippen molar-refractivity contribution in [1.82, 2.24) is 0 Å². The second-order valence-electron chi connectivity index (χ2n) is 4.53. The molecule has 0 bridgehead atoms. The number of anilines is 2. The molecule has 5 nitrogen and oxygen atoms in total. The van der Waals surface area contributed by atoms with Gasteiger partial charge in [-0.05, 0) is 30.3 Å². The topological polar surface area (TPSA) is 91.0 Å². The molecule has 2 rings (SSSR count). The first-order valence-corrected chi connectivity index (χ1v) is 6.38. The van der Waals surface area contributed by atoms with Gasteiger partial charge in [0.05, 0.1) is 11.3 Å². The summed E-state index contributed by atoms with van der Waals surface area (Å²) in [5.41, 5.74) is 4.25. The van der Waals surface area contributed by atoms with Crippen LogP contribution in [-0.4, -0.2) is 11.9 Å². The van der Waals surface area contributed by atoms with Gasteiger partial charge in [-0.3, -0.25) is 10.2 Å². The molecular weight excluding hydrogens is 309 g/mol. The van der Waals surface area contributed by atoms with Crippen LogP contribution >= 0.6 is 0 Å². The van der Waals surface area contributed by atoms with Crippen molar-refractivity contribution in [1.29, 1.82) is 5.41 Å². The van der Waals surface area contributed by atoms with Crippen LogP contribution in [0.15, 0.2) is 42.5 Å². The number of benzene rings is 2. The molecular formula is C15H12F3N4O. The van der Waals surface area contributed by atoms with Crippen LogP contribution in [0.25, 0.3) is 0 Å². The van der Waals surface area contributed by atoms with Gasteiger partial charge in [-0.25, -0.2) is 0 Å². The van der Waals surface area contributed by atoms with Crippen molar-refractivity contribution >= 4 is 23.2 Å². The van der Waals surface area contributed by atoms with Gasteiger partial charge >= 0.3 is 6.18 Å². The monoisotopic (exact) mass is 321 g/mol. The molecule has 0 aliphatic heterocycles. The largest absolute Gasteiger partial charge is 0.419 e. The third-order valence-electron chi connectivity index (χ3n) is 2.79. The smallest absolute Gasteiger partial charge is 0.370 e. The minimum Gasteiger partial charge on any atom is -0.370 e. The van der Waals surface area contributed by atoms with Crippen molar-refractivity contribution in [2.75, 3.05) is 10.6 Å². The third kappa shape index (κ3) is 4.22. The van der Waals surface area contributed by atoms with E-state index in [4.69, 9.17) is 11.1 Å². The first kappa shape index (κ1) is 16.3. The van der Waals surface area contributed by atoms with E-state index in [9.17, 15) is 18.0 Å². The molecule has 2 aromatic rings.